The van der Waals surface area contributed by atoms with E-state index >= 15 is 0 Å². The van der Waals surface area contributed by atoms with Crippen molar-refractivity contribution in [3.8, 4) is 0 Å². The third-order valence-corrected chi connectivity index (χ3v) is 6.54. The molecule has 23 heavy (non-hydrogen) atoms. The maximum atomic E-state index is 4.44. The molecular weight excluding hydrogens is 302 g/mol. The van der Waals surface area contributed by atoms with E-state index in [1.165, 1.54) is 43.2 Å². The first-order chi connectivity index (χ1) is 11.2. The van der Waals surface area contributed by atoms with Gasteiger partial charge in [0, 0.05) is 30.3 Å². The first-order valence-corrected chi connectivity index (χ1v) is 10.0. The van der Waals surface area contributed by atoms with Crippen LogP contribution < -0.4 is 10.6 Å². The minimum absolute atomic E-state index is 0.320. The van der Waals surface area contributed by atoms with Crippen LogP contribution in [0.25, 0.3) is 0 Å². The van der Waals surface area contributed by atoms with Gasteiger partial charge < -0.3 is 10.6 Å². The number of hydrogen-bond donors (Lipinski definition) is 2. The average Bonchev–Trinajstić information content (AvgIpc) is 3.22. The fraction of sp³-hybridized carbons (Fsp3) is 0.632. The highest BCUT2D eigenvalue weighted by atomic mass is 32.2. The van der Waals surface area contributed by atoms with E-state index in [0.717, 1.165) is 17.8 Å². The van der Waals surface area contributed by atoms with Crippen LogP contribution in [0, 0.1) is 6.92 Å². The molecule has 2 N–H and O–H groups in total. The lowest BCUT2D eigenvalue weighted by atomic mass is 9.92. The van der Waals surface area contributed by atoms with Crippen molar-refractivity contribution in [1.29, 1.82) is 0 Å². The first-order valence-electron chi connectivity index (χ1n) is 8.73. The van der Waals surface area contributed by atoms with Crippen LogP contribution in [-0.4, -0.2) is 37.1 Å². The molecule has 2 aliphatic rings. The Morgan fingerprint density at radius 3 is 2.70 bits per heavy atom. The van der Waals surface area contributed by atoms with Gasteiger partial charge in [0.2, 0.25) is 0 Å². The fourth-order valence-corrected chi connectivity index (χ4v) is 4.58. The molecule has 4 heteroatoms. The molecule has 2 unspecified atom stereocenters. The molecule has 2 fully saturated rings. The Morgan fingerprint density at radius 1 is 1.30 bits per heavy atom. The van der Waals surface area contributed by atoms with Crippen molar-refractivity contribution >= 4 is 17.7 Å². The van der Waals surface area contributed by atoms with Crippen LogP contribution in [0.3, 0.4) is 0 Å². The second kappa shape index (κ2) is 7.16. The third kappa shape index (κ3) is 3.85. The predicted molar refractivity (Wildman–Crippen MR) is 102 cm³/mol. The van der Waals surface area contributed by atoms with Gasteiger partial charge in [-0.1, -0.05) is 24.3 Å². The van der Waals surface area contributed by atoms with E-state index in [4.69, 9.17) is 0 Å². The summed E-state index contributed by atoms with van der Waals surface area (Å²) in [6.45, 7) is 3.21. The van der Waals surface area contributed by atoms with E-state index in [1.807, 2.05) is 18.8 Å². The third-order valence-electron chi connectivity index (χ3n) is 5.45. The van der Waals surface area contributed by atoms with Crippen molar-refractivity contribution in [2.75, 3.05) is 19.8 Å². The summed E-state index contributed by atoms with van der Waals surface area (Å²) in [7, 11) is 1.88. The van der Waals surface area contributed by atoms with Crippen molar-refractivity contribution in [2.24, 2.45) is 4.99 Å². The van der Waals surface area contributed by atoms with E-state index < -0.39 is 0 Å². The molecule has 1 aromatic carbocycles. The molecule has 2 saturated carbocycles. The Labute approximate surface area is 144 Å². The molecule has 0 spiro atoms. The topological polar surface area (TPSA) is 36.4 Å². The first kappa shape index (κ1) is 16.7. The number of nitrogens with zero attached hydrogens (tertiary/aromatic N) is 1. The molecule has 3 rings (SSSR count). The van der Waals surface area contributed by atoms with Gasteiger partial charge in [0.1, 0.15) is 0 Å². The van der Waals surface area contributed by atoms with Crippen LogP contribution in [0.1, 0.15) is 43.2 Å². The zero-order chi connectivity index (χ0) is 16.3. The van der Waals surface area contributed by atoms with E-state index in [0.29, 0.717) is 11.5 Å². The van der Waals surface area contributed by atoms with E-state index in [2.05, 4.69) is 53.1 Å². The van der Waals surface area contributed by atoms with Crippen molar-refractivity contribution in [3.05, 3.63) is 35.4 Å². The average molecular weight is 332 g/mol. The zero-order valence-electron chi connectivity index (χ0n) is 14.6. The summed E-state index contributed by atoms with van der Waals surface area (Å²) < 4.78 is 0. The second-order valence-corrected chi connectivity index (χ2v) is 8.17. The second-order valence-electron chi connectivity index (χ2n) is 7.03. The summed E-state index contributed by atoms with van der Waals surface area (Å²) >= 11 is 2.00. The van der Waals surface area contributed by atoms with Crippen LogP contribution in [0.15, 0.2) is 29.3 Å². The Morgan fingerprint density at radius 2 is 2.09 bits per heavy atom. The normalized spacial score (nSPS) is 26.1. The van der Waals surface area contributed by atoms with Crippen molar-refractivity contribution in [3.63, 3.8) is 0 Å². The molecular formula is C19H29N3S. The summed E-state index contributed by atoms with van der Waals surface area (Å²) in [6, 6.07) is 9.39. The van der Waals surface area contributed by atoms with Crippen LogP contribution in [0.5, 0.6) is 0 Å². The van der Waals surface area contributed by atoms with Gasteiger partial charge in [0.05, 0.1) is 0 Å². The van der Waals surface area contributed by atoms with E-state index in [1.54, 1.807) is 0 Å². The van der Waals surface area contributed by atoms with Crippen LogP contribution in [0.2, 0.25) is 0 Å². The lowest BCUT2D eigenvalue weighted by molar-refractivity contribution is 0.593. The number of aryl methyl sites for hydroxylation is 1. The SMILES string of the molecule is CN=C(NCC1(c2ccccc2C)CC1)NC1CCC(SC)C1. The van der Waals surface area contributed by atoms with Gasteiger partial charge >= 0.3 is 0 Å². The molecule has 126 valence electrons. The minimum atomic E-state index is 0.320. The number of aliphatic imine (C=N–C) groups is 1. The quantitative estimate of drug-likeness (QED) is 0.641. The van der Waals surface area contributed by atoms with Gasteiger partial charge in [-0.3, -0.25) is 4.99 Å². The highest BCUT2D eigenvalue weighted by Gasteiger charge is 2.45. The molecule has 0 aliphatic heterocycles. The van der Waals surface area contributed by atoms with Gasteiger partial charge in [-0.2, -0.15) is 11.8 Å². The van der Waals surface area contributed by atoms with Gasteiger partial charge in [0.15, 0.2) is 5.96 Å². The van der Waals surface area contributed by atoms with Gasteiger partial charge in [0.25, 0.3) is 0 Å². The molecule has 1 aromatic rings. The van der Waals surface area contributed by atoms with Gasteiger partial charge in [-0.05, 0) is 56.4 Å². The van der Waals surface area contributed by atoms with E-state index in [9.17, 15) is 0 Å². The number of hydrogen-bond acceptors (Lipinski definition) is 2. The molecule has 2 atom stereocenters. The molecule has 0 heterocycles. The molecule has 0 aromatic heterocycles. The molecule has 0 saturated heterocycles. The maximum Gasteiger partial charge on any atom is 0.191 e. The van der Waals surface area contributed by atoms with Crippen molar-refractivity contribution < 1.29 is 0 Å². The van der Waals surface area contributed by atoms with Gasteiger partial charge in [-0.25, -0.2) is 0 Å². The Kier molecular flexibility index (Phi) is 5.20. The smallest absolute Gasteiger partial charge is 0.191 e. The monoisotopic (exact) mass is 331 g/mol. The molecule has 0 radical (unpaired) electrons. The maximum absolute atomic E-state index is 4.44. The highest BCUT2D eigenvalue weighted by molar-refractivity contribution is 7.99. The number of nitrogens with one attached hydrogen (secondary N) is 2. The standard InChI is InChI=1S/C19H29N3S/c1-14-6-4-5-7-17(14)19(10-11-19)13-21-18(20-2)22-15-8-9-16(12-15)23-3/h4-7,15-16H,8-13H2,1-3H3,(H2,20,21,22). The van der Waals surface area contributed by atoms with Gasteiger partial charge in [-0.15, -0.1) is 0 Å². The summed E-state index contributed by atoms with van der Waals surface area (Å²) in [5.74, 6) is 0.969. The molecule has 0 bridgehead atoms. The van der Waals surface area contributed by atoms with Crippen molar-refractivity contribution in [2.45, 2.75) is 55.7 Å². The summed E-state index contributed by atoms with van der Waals surface area (Å²) in [6.07, 6.45) is 8.61. The molecule has 2 aliphatic carbocycles. The summed E-state index contributed by atoms with van der Waals surface area (Å²) in [5.41, 5.74) is 3.24. The molecule has 3 nitrogen and oxygen atoms in total. The number of thioether (sulfide) groups is 1. The Bertz CT molecular complexity index is 565. The Hall–Kier alpha value is -1.16. The summed E-state index contributed by atoms with van der Waals surface area (Å²) in [5, 5.41) is 8.02. The number of guanidine groups is 1. The number of rotatable bonds is 5. The summed E-state index contributed by atoms with van der Waals surface area (Å²) in [4.78, 5) is 4.44. The van der Waals surface area contributed by atoms with Crippen LogP contribution >= 0.6 is 11.8 Å². The van der Waals surface area contributed by atoms with Crippen LogP contribution in [-0.2, 0) is 5.41 Å². The van der Waals surface area contributed by atoms with E-state index in [-0.39, 0.29) is 0 Å². The Balaban J connectivity index is 1.56. The lowest BCUT2D eigenvalue weighted by Crippen LogP contribution is -2.45. The minimum Gasteiger partial charge on any atom is -0.356 e. The highest BCUT2D eigenvalue weighted by Crippen LogP contribution is 2.48. The lowest BCUT2D eigenvalue weighted by Gasteiger charge is -2.22. The number of benzene rings is 1. The van der Waals surface area contributed by atoms with Crippen molar-refractivity contribution in [1.82, 2.24) is 10.6 Å². The predicted octanol–water partition coefficient (Wildman–Crippen LogP) is 3.48. The van der Waals surface area contributed by atoms with Crippen LogP contribution in [0.4, 0.5) is 0 Å². The zero-order valence-corrected chi connectivity index (χ0v) is 15.4. The largest absolute Gasteiger partial charge is 0.356 e. The molecule has 0 amide bonds. The fourth-order valence-electron chi connectivity index (χ4n) is 3.79.